The second-order valence-corrected chi connectivity index (χ2v) is 5.38. The van der Waals surface area contributed by atoms with Crippen molar-refractivity contribution in [3.63, 3.8) is 0 Å². The zero-order valence-electron chi connectivity index (χ0n) is 10.3. The van der Waals surface area contributed by atoms with Crippen LogP contribution in [-0.2, 0) is 6.54 Å². The van der Waals surface area contributed by atoms with Crippen LogP contribution in [0.2, 0.25) is 5.02 Å². The predicted octanol–water partition coefficient (Wildman–Crippen LogP) is 3.74. The first-order valence-corrected chi connectivity index (χ1v) is 6.88. The number of nitrogens with zero attached hydrogens (tertiary/aromatic N) is 1. The quantitative estimate of drug-likeness (QED) is 0.925. The topological polar surface area (TPSA) is 42.0 Å². The highest BCUT2D eigenvalue weighted by molar-refractivity contribution is 9.10. The molecular formula is C14H12BrClN2O. The van der Waals surface area contributed by atoms with E-state index >= 15 is 0 Å². The molecule has 0 unspecified atom stereocenters. The van der Waals surface area contributed by atoms with E-state index in [0.717, 1.165) is 11.3 Å². The van der Waals surface area contributed by atoms with Gasteiger partial charge in [0.25, 0.3) is 5.91 Å². The van der Waals surface area contributed by atoms with Gasteiger partial charge in [-0.1, -0.05) is 17.7 Å². The summed E-state index contributed by atoms with van der Waals surface area (Å²) in [4.78, 5) is 16.1. The van der Waals surface area contributed by atoms with Crippen LogP contribution in [0.15, 0.2) is 41.0 Å². The molecule has 0 radical (unpaired) electrons. The lowest BCUT2D eigenvalue weighted by Gasteiger charge is -2.06. The number of benzene rings is 1. The number of hydrogen-bond donors (Lipinski definition) is 1. The van der Waals surface area contributed by atoms with Gasteiger partial charge in [-0.2, -0.15) is 0 Å². The molecule has 0 saturated heterocycles. The number of pyridine rings is 1. The van der Waals surface area contributed by atoms with Crippen molar-refractivity contribution in [1.82, 2.24) is 10.3 Å². The highest BCUT2D eigenvalue weighted by atomic mass is 79.9. The van der Waals surface area contributed by atoms with Gasteiger partial charge in [-0.15, -0.1) is 0 Å². The second kappa shape index (κ2) is 6.17. The van der Waals surface area contributed by atoms with Crippen LogP contribution in [0, 0.1) is 6.92 Å². The molecule has 1 aromatic heterocycles. The van der Waals surface area contributed by atoms with E-state index in [1.165, 1.54) is 0 Å². The molecule has 98 valence electrons. The van der Waals surface area contributed by atoms with Crippen molar-refractivity contribution in [2.45, 2.75) is 13.5 Å². The first-order valence-electron chi connectivity index (χ1n) is 5.71. The van der Waals surface area contributed by atoms with E-state index in [4.69, 9.17) is 11.6 Å². The number of hydrogen-bond acceptors (Lipinski definition) is 2. The molecule has 0 aliphatic carbocycles. The first kappa shape index (κ1) is 14.0. The van der Waals surface area contributed by atoms with Crippen molar-refractivity contribution >= 4 is 33.4 Å². The molecule has 1 amide bonds. The van der Waals surface area contributed by atoms with Gasteiger partial charge in [-0.3, -0.25) is 9.78 Å². The summed E-state index contributed by atoms with van der Waals surface area (Å²) in [7, 11) is 0. The fourth-order valence-corrected chi connectivity index (χ4v) is 2.02. The number of carbonyl (C=O) groups excluding carboxylic acids is 1. The molecule has 2 rings (SSSR count). The van der Waals surface area contributed by atoms with E-state index in [1.807, 2.05) is 19.1 Å². The molecule has 19 heavy (non-hydrogen) atoms. The fourth-order valence-electron chi connectivity index (χ4n) is 1.52. The summed E-state index contributed by atoms with van der Waals surface area (Å²) < 4.78 is 0.707. The Kier molecular flexibility index (Phi) is 4.56. The van der Waals surface area contributed by atoms with Gasteiger partial charge in [0.1, 0.15) is 0 Å². The Bertz CT molecular complexity index is 599. The fraction of sp³-hybridized carbons (Fsp3) is 0.143. The minimum absolute atomic E-state index is 0.141. The lowest BCUT2D eigenvalue weighted by atomic mass is 10.2. The third kappa shape index (κ3) is 3.78. The number of aryl methyl sites for hydroxylation is 1. The summed E-state index contributed by atoms with van der Waals surface area (Å²) in [5.41, 5.74) is 2.49. The van der Waals surface area contributed by atoms with Crippen LogP contribution < -0.4 is 5.32 Å². The SMILES string of the molecule is Cc1ccc(CNC(=O)c2ccc(Cl)c(Br)c2)cn1. The zero-order chi connectivity index (χ0) is 13.8. The average Bonchev–Trinajstić information content (AvgIpc) is 2.41. The molecule has 1 aromatic carbocycles. The first-order chi connectivity index (χ1) is 9.06. The molecule has 3 nitrogen and oxygen atoms in total. The van der Waals surface area contributed by atoms with Crippen molar-refractivity contribution in [2.75, 3.05) is 0 Å². The maximum Gasteiger partial charge on any atom is 0.251 e. The zero-order valence-corrected chi connectivity index (χ0v) is 12.6. The minimum atomic E-state index is -0.141. The summed E-state index contributed by atoms with van der Waals surface area (Å²) in [5.74, 6) is -0.141. The second-order valence-electron chi connectivity index (χ2n) is 4.12. The van der Waals surface area contributed by atoms with Crippen molar-refractivity contribution in [1.29, 1.82) is 0 Å². The van der Waals surface area contributed by atoms with Crippen molar-refractivity contribution in [3.05, 3.63) is 62.8 Å². The van der Waals surface area contributed by atoms with Gasteiger partial charge in [0, 0.05) is 28.5 Å². The highest BCUT2D eigenvalue weighted by Gasteiger charge is 2.07. The molecule has 5 heteroatoms. The molecule has 2 aromatic rings. The van der Waals surface area contributed by atoms with Crippen LogP contribution in [0.4, 0.5) is 0 Å². The minimum Gasteiger partial charge on any atom is -0.348 e. The number of aromatic nitrogens is 1. The Hall–Kier alpha value is -1.39. The third-order valence-corrected chi connectivity index (χ3v) is 3.82. The lowest BCUT2D eigenvalue weighted by Crippen LogP contribution is -2.22. The third-order valence-electron chi connectivity index (χ3n) is 2.61. The van der Waals surface area contributed by atoms with Gasteiger partial charge in [-0.05, 0) is 52.7 Å². The molecule has 0 aliphatic heterocycles. The standard InChI is InChI=1S/C14H12BrClN2O/c1-9-2-3-10(7-17-9)8-18-14(19)11-4-5-13(16)12(15)6-11/h2-7H,8H2,1H3,(H,18,19). The van der Waals surface area contributed by atoms with Crippen LogP contribution in [-0.4, -0.2) is 10.9 Å². The lowest BCUT2D eigenvalue weighted by molar-refractivity contribution is 0.0951. The van der Waals surface area contributed by atoms with Crippen LogP contribution >= 0.6 is 27.5 Å². The average molecular weight is 340 g/mol. The van der Waals surface area contributed by atoms with E-state index in [0.29, 0.717) is 21.6 Å². The number of amides is 1. The molecule has 0 atom stereocenters. The Morgan fingerprint density at radius 1 is 1.37 bits per heavy atom. The van der Waals surface area contributed by atoms with Crippen LogP contribution in [0.25, 0.3) is 0 Å². The normalized spacial score (nSPS) is 10.3. The van der Waals surface area contributed by atoms with Crippen molar-refractivity contribution in [2.24, 2.45) is 0 Å². The molecule has 0 fully saturated rings. The van der Waals surface area contributed by atoms with E-state index < -0.39 is 0 Å². The van der Waals surface area contributed by atoms with Crippen molar-refractivity contribution < 1.29 is 4.79 Å². The van der Waals surface area contributed by atoms with Gasteiger partial charge in [-0.25, -0.2) is 0 Å². The van der Waals surface area contributed by atoms with Crippen LogP contribution in [0.1, 0.15) is 21.6 Å². The Balaban J connectivity index is 2.01. The summed E-state index contributed by atoms with van der Waals surface area (Å²) in [6, 6.07) is 8.94. The Labute approximate surface area is 125 Å². The molecule has 1 N–H and O–H groups in total. The van der Waals surface area contributed by atoms with Gasteiger partial charge in [0.05, 0.1) is 5.02 Å². The largest absolute Gasteiger partial charge is 0.348 e. The predicted molar refractivity (Wildman–Crippen MR) is 79.3 cm³/mol. The summed E-state index contributed by atoms with van der Waals surface area (Å²) in [6.45, 7) is 2.37. The highest BCUT2D eigenvalue weighted by Crippen LogP contribution is 2.23. The summed E-state index contributed by atoms with van der Waals surface area (Å²) in [6.07, 6.45) is 1.76. The van der Waals surface area contributed by atoms with Crippen LogP contribution in [0.3, 0.4) is 0 Å². The molecule has 0 bridgehead atoms. The van der Waals surface area contributed by atoms with E-state index in [1.54, 1.807) is 24.4 Å². The van der Waals surface area contributed by atoms with Gasteiger partial charge >= 0.3 is 0 Å². The number of rotatable bonds is 3. The van der Waals surface area contributed by atoms with Gasteiger partial charge in [0.15, 0.2) is 0 Å². The molecule has 0 spiro atoms. The monoisotopic (exact) mass is 338 g/mol. The number of nitrogens with one attached hydrogen (secondary N) is 1. The molecular weight excluding hydrogens is 328 g/mol. The van der Waals surface area contributed by atoms with E-state index in [-0.39, 0.29) is 5.91 Å². The maximum absolute atomic E-state index is 12.0. The molecule has 1 heterocycles. The molecule has 0 aliphatic rings. The van der Waals surface area contributed by atoms with Crippen molar-refractivity contribution in [3.8, 4) is 0 Å². The smallest absolute Gasteiger partial charge is 0.251 e. The summed E-state index contributed by atoms with van der Waals surface area (Å²) in [5, 5.41) is 3.42. The van der Waals surface area contributed by atoms with E-state index in [2.05, 4.69) is 26.2 Å². The van der Waals surface area contributed by atoms with Gasteiger partial charge < -0.3 is 5.32 Å². The maximum atomic E-state index is 12.0. The van der Waals surface area contributed by atoms with Crippen LogP contribution in [0.5, 0.6) is 0 Å². The summed E-state index contributed by atoms with van der Waals surface area (Å²) >= 11 is 9.18. The Morgan fingerprint density at radius 3 is 2.79 bits per heavy atom. The number of carbonyl (C=O) groups is 1. The molecule has 0 saturated carbocycles. The Morgan fingerprint density at radius 2 is 2.16 bits per heavy atom. The number of halogens is 2. The van der Waals surface area contributed by atoms with Gasteiger partial charge in [0.2, 0.25) is 0 Å². The van der Waals surface area contributed by atoms with E-state index in [9.17, 15) is 4.79 Å².